The third-order valence-electron chi connectivity index (χ3n) is 3.76. The van der Waals surface area contributed by atoms with Crippen molar-refractivity contribution >= 4 is 33.1 Å². The van der Waals surface area contributed by atoms with Crippen molar-refractivity contribution in [1.29, 1.82) is 0 Å². The van der Waals surface area contributed by atoms with E-state index in [4.69, 9.17) is 0 Å². The summed E-state index contributed by atoms with van der Waals surface area (Å²) in [6.45, 7) is 0. The third-order valence-corrected chi connectivity index (χ3v) is 3.76. The first kappa shape index (κ1) is 9.66. The molecule has 0 N–H and O–H groups in total. The summed E-state index contributed by atoms with van der Waals surface area (Å²) in [6.07, 6.45) is 0. The van der Waals surface area contributed by atoms with E-state index in [9.17, 15) is 4.79 Å². The van der Waals surface area contributed by atoms with Crippen LogP contribution in [0.25, 0.3) is 21.5 Å². The highest BCUT2D eigenvalue weighted by atomic mass is 16.2. The van der Waals surface area contributed by atoms with Crippen LogP contribution in [-0.2, 0) is 0 Å². The Hall–Kier alpha value is -2.35. The molecule has 0 bridgehead atoms. The van der Waals surface area contributed by atoms with Crippen molar-refractivity contribution in [3.8, 4) is 0 Å². The van der Waals surface area contributed by atoms with Gasteiger partial charge >= 0.3 is 0 Å². The number of nitrogens with zero attached hydrogens (tertiary/aromatic N) is 1. The lowest BCUT2D eigenvalue weighted by molar-refractivity contribution is 0.0999. The Bertz CT molecular complexity index is 820. The first-order valence-electron chi connectivity index (χ1n) is 6.00. The van der Waals surface area contributed by atoms with Crippen molar-refractivity contribution in [2.24, 2.45) is 0 Å². The Morgan fingerprint density at radius 3 is 2.61 bits per heavy atom. The van der Waals surface area contributed by atoms with E-state index in [1.165, 1.54) is 10.8 Å². The summed E-state index contributed by atoms with van der Waals surface area (Å²) in [5.74, 6) is 0.0898. The number of hydrogen-bond donors (Lipinski definition) is 0. The molecule has 0 fully saturated rings. The number of fused-ring (bicyclic) bond motifs is 2. The summed E-state index contributed by atoms with van der Waals surface area (Å²) in [7, 11) is 1.84. The van der Waals surface area contributed by atoms with Crippen LogP contribution in [0.3, 0.4) is 0 Å². The van der Waals surface area contributed by atoms with Crippen LogP contribution in [0.1, 0.15) is 10.4 Å². The highest BCUT2D eigenvalue weighted by Gasteiger charge is 2.27. The summed E-state index contributed by atoms with van der Waals surface area (Å²) >= 11 is 0. The van der Waals surface area contributed by atoms with Crippen molar-refractivity contribution in [2.45, 2.75) is 0 Å². The fourth-order valence-electron chi connectivity index (χ4n) is 2.88. The second-order valence-corrected chi connectivity index (χ2v) is 4.71. The van der Waals surface area contributed by atoms with Gasteiger partial charge in [-0.2, -0.15) is 0 Å². The highest BCUT2D eigenvalue weighted by molar-refractivity contribution is 6.29. The number of rotatable bonds is 0. The molecule has 2 nitrogen and oxygen atoms in total. The topological polar surface area (TPSA) is 20.3 Å². The van der Waals surface area contributed by atoms with E-state index in [-0.39, 0.29) is 5.91 Å². The van der Waals surface area contributed by atoms with Gasteiger partial charge in [-0.1, -0.05) is 36.4 Å². The molecule has 1 aliphatic rings. The Morgan fingerprint density at radius 2 is 1.72 bits per heavy atom. The number of benzene rings is 3. The fourth-order valence-corrected chi connectivity index (χ4v) is 2.88. The SMILES string of the molecule is CN1C(=O)c2cc3ccccc3c3cccc1c23. The van der Waals surface area contributed by atoms with E-state index in [0.29, 0.717) is 0 Å². The molecule has 0 unspecified atom stereocenters. The lowest BCUT2D eigenvalue weighted by atomic mass is 9.98. The molecule has 1 amide bonds. The summed E-state index contributed by atoms with van der Waals surface area (Å²) in [5, 5.41) is 4.59. The van der Waals surface area contributed by atoms with Crippen molar-refractivity contribution in [3.05, 3.63) is 54.1 Å². The molecule has 4 rings (SSSR count). The molecule has 86 valence electrons. The monoisotopic (exact) mass is 233 g/mol. The second-order valence-electron chi connectivity index (χ2n) is 4.71. The molecule has 0 aliphatic carbocycles. The zero-order chi connectivity index (χ0) is 12.3. The summed E-state index contributed by atoms with van der Waals surface area (Å²) in [5.41, 5.74) is 1.83. The predicted octanol–water partition coefficient (Wildman–Crippen LogP) is 3.58. The van der Waals surface area contributed by atoms with Crippen LogP contribution in [0.4, 0.5) is 5.69 Å². The Morgan fingerprint density at radius 1 is 0.944 bits per heavy atom. The maximum atomic E-state index is 12.2. The first-order chi connectivity index (χ1) is 8.77. The number of carbonyl (C=O) groups is 1. The molecule has 0 saturated carbocycles. The third kappa shape index (κ3) is 1.00. The molecule has 1 heterocycles. The molecule has 0 atom stereocenters. The van der Waals surface area contributed by atoms with Crippen molar-refractivity contribution < 1.29 is 4.79 Å². The van der Waals surface area contributed by atoms with Gasteiger partial charge in [-0.15, -0.1) is 0 Å². The summed E-state index contributed by atoms with van der Waals surface area (Å²) in [4.78, 5) is 14.0. The zero-order valence-corrected chi connectivity index (χ0v) is 9.97. The summed E-state index contributed by atoms with van der Waals surface area (Å²) in [6, 6.07) is 16.3. The number of amides is 1. The van der Waals surface area contributed by atoms with Gasteiger partial charge in [-0.25, -0.2) is 0 Å². The number of hydrogen-bond acceptors (Lipinski definition) is 1. The van der Waals surface area contributed by atoms with E-state index >= 15 is 0 Å². The molecule has 3 aromatic rings. The molecule has 2 heteroatoms. The molecular formula is C16H11NO. The maximum absolute atomic E-state index is 12.2. The minimum Gasteiger partial charge on any atom is -0.311 e. The first-order valence-corrected chi connectivity index (χ1v) is 6.00. The normalized spacial score (nSPS) is 13.8. The predicted molar refractivity (Wildman–Crippen MR) is 74.2 cm³/mol. The van der Waals surface area contributed by atoms with Gasteiger partial charge in [0.2, 0.25) is 0 Å². The van der Waals surface area contributed by atoms with Gasteiger partial charge < -0.3 is 4.90 Å². The van der Waals surface area contributed by atoms with E-state index in [1.54, 1.807) is 4.90 Å². The molecule has 0 spiro atoms. The second kappa shape index (κ2) is 3.10. The molecule has 0 saturated heterocycles. The van der Waals surface area contributed by atoms with Crippen molar-refractivity contribution in [3.63, 3.8) is 0 Å². The molecule has 1 aliphatic heterocycles. The smallest absolute Gasteiger partial charge is 0.258 e. The van der Waals surface area contributed by atoms with Gasteiger partial charge in [0.05, 0.1) is 11.3 Å². The lowest BCUT2D eigenvalue weighted by Crippen LogP contribution is -2.20. The van der Waals surface area contributed by atoms with E-state index in [1.807, 2.05) is 37.4 Å². The molecule has 18 heavy (non-hydrogen) atoms. The van der Waals surface area contributed by atoms with Gasteiger partial charge in [0, 0.05) is 12.4 Å². The van der Waals surface area contributed by atoms with Crippen LogP contribution < -0.4 is 4.90 Å². The van der Waals surface area contributed by atoms with Crippen molar-refractivity contribution in [2.75, 3.05) is 11.9 Å². The quantitative estimate of drug-likeness (QED) is 0.543. The van der Waals surface area contributed by atoms with Gasteiger partial charge in [0.15, 0.2) is 0 Å². The van der Waals surface area contributed by atoms with Gasteiger partial charge in [0.1, 0.15) is 0 Å². The largest absolute Gasteiger partial charge is 0.311 e. The standard InChI is InChI=1S/C16H11NO/c1-17-14-8-4-7-12-11-6-3-2-5-10(11)9-13(15(12)14)16(17)18/h2-9H,1H3. The maximum Gasteiger partial charge on any atom is 0.258 e. The zero-order valence-electron chi connectivity index (χ0n) is 9.97. The van der Waals surface area contributed by atoms with Gasteiger partial charge in [0.25, 0.3) is 5.91 Å². The molecular weight excluding hydrogens is 222 g/mol. The van der Waals surface area contributed by atoms with Crippen LogP contribution >= 0.6 is 0 Å². The molecule has 3 aromatic carbocycles. The van der Waals surface area contributed by atoms with Gasteiger partial charge in [-0.05, 0) is 28.3 Å². The van der Waals surface area contributed by atoms with Crippen LogP contribution in [0.2, 0.25) is 0 Å². The lowest BCUT2D eigenvalue weighted by Gasteiger charge is -2.09. The molecule has 0 radical (unpaired) electrons. The van der Waals surface area contributed by atoms with Crippen molar-refractivity contribution in [1.82, 2.24) is 0 Å². The van der Waals surface area contributed by atoms with E-state index in [2.05, 4.69) is 18.2 Å². The van der Waals surface area contributed by atoms with Crippen LogP contribution in [0.15, 0.2) is 48.5 Å². The Balaban J connectivity index is 2.33. The summed E-state index contributed by atoms with van der Waals surface area (Å²) < 4.78 is 0. The minimum absolute atomic E-state index is 0.0898. The van der Waals surface area contributed by atoms with Crippen LogP contribution in [0, 0.1) is 0 Å². The average molecular weight is 233 g/mol. The van der Waals surface area contributed by atoms with Gasteiger partial charge in [-0.3, -0.25) is 4.79 Å². The average Bonchev–Trinajstić information content (AvgIpc) is 2.66. The number of carbonyl (C=O) groups excluding carboxylic acids is 1. The van der Waals surface area contributed by atoms with Crippen LogP contribution in [0.5, 0.6) is 0 Å². The number of anilines is 1. The highest BCUT2D eigenvalue weighted by Crippen LogP contribution is 2.39. The Kier molecular flexibility index (Phi) is 1.67. The van der Waals surface area contributed by atoms with Crippen LogP contribution in [-0.4, -0.2) is 13.0 Å². The molecule has 0 aromatic heterocycles. The Labute approximate surface area is 104 Å². The minimum atomic E-state index is 0.0898. The van der Waals surface area contributed by atoms with E-state index in [0.717, 1.165) is 22.0 Å². The van der Waals surface area contributed by atoms with E-state index < -0.39 is 0 Å². The fraction of sp³-hybridized carbons (Fsp3) is 0.0625.